The van der Waals surface area contributed by atoms with Crippen LogP contribution in [-0.2, 0) is 24.1 Å². The van der Waals surface area contributed by atoms with Crippen molar-refractivity contribution in [1.29, 1.82) is 0 Å². The number of carbonyl (C=O) groups is 1. The van der Waals surface area contributed by atoms with Crippen LogP contribution >= 0.6 is 0 Å². The molecule has 160 valence electrons. The van der Waals surface area contributed by atoms with Crippen LogP contribution in [0.25, 0.3) is 0 Å². The van der Waals surface area contributed by atoms with E-state index in [2.05, 4.69) is 21.6 Å². The lowest BCUT2D eigenvalue weighted by molar-refractivity contribution is -0.137. The molecule has 2 aromatic rings. The van der Waals surface area contributed by atoms with Gasteiger partial charge >= 0.3 is 6.18 Å². The summed E-state index contributed by atoms with van der Waals surface area (Å²) in [5.74, 6) is 0.0493. The largest absolute Gasteiger partial charge is 0.416 e. The van der Waals surface area contributed by atoms with Crippen molar-refractivity contribution in [3.8, 4) is 0 Å². The van der Waals surface area contributed by atoms with Crippen LogP contribution in [-0.4, -0.2) is 29.4 Å². The molecule has 1 saturated heterocycles. The Morgan fingerprint density at radius 3 is 2.53 bits per heavy atom. The highest BCUT2D eigenvalue weighted by Gasteiger charge is 2.36. The van der Waals surface area contributed by atoms with E-state index >= 15 is 0 Å². The van der Waals surface area contributed by atoms with Crippen molar-refractivity contribution in [2.75, 3.05) is 18.4 Å². The van der Waals surface area contributed by atoms with E-state index in [0.717, 1.165) is 61.3 Å². The lowest BCUT2D eigenvalue weighted by Gasteiger charge is -2.37. The van der Waals surface area contributed by atoms with E-state index in [0.29, 0.717) is 19.5 Å². The van der Waals surface area contributed by atoms with E-state index in [-0.39, 0.29) is 11.4 Å². The fourth-order valence-electron chi connectivity index (χ4n) is 4.46. The predicted molar refractivity (Wildman–Crippen MR) is 110 cm³/mol. The van der Waals surface area contributed by atoms with Crippen LogP contribution in [0.5, 0.6) is 0 Å². The first-order valence-electron chi connectivity index (χ1n) is 10.3. The number of nitrogens with one attached hydrogen (secondary N) is 2. The molecular weight excluding hydrogens is 391 g/mol. The predicted octanol–water partition coefficient (Wildman–Crippen LogP) is 4.56. The quantitative estimate of drug-likeness (QED) is 0.753. The van der Waals surface area contributed by atoms with Crippen molar-refractivity contribution in [2.45, 2.75) is 50.5 Å². The van der Waals surface area contributed by atoms with Crippen LogP contribution < -0.4 is 10.6 Å². The third kappa shape index (κ3) is 4.78. The topological polar surface area (TPSA) is 44.4 Å². The van der Waals surface area contributed by atoms with Crippen molar-refractivity contribution >= 4 is 11.6 Å². The Morgan fingerprint density at radius 2 is 1.77 bits per heavy atom. The maximum atomic E-state index is 12.8. The number of fused-ring (bicyclic) bond motifs is 1. The summed E-state index contributed by atoms with van der Waals surface area (Å²) in [5.41, 5.74) is 2.08. The highest BCUT2D eigenvalue weighted by Crippen LogP contribution is 2.34. The van der Waals surface area contributed by atoms with Gasteiger partial charge in [-0.05, 0) is 55.1 Å². The fourth-order valence-corrected chi connectivity index (χ4v) is 4.46. The first-order chi connectivity index (χ1) is 14.3. The zero-order chi connectivity index (χ0) is 21.2. The molecule has 4 nitrogen and oxygen atoms in total. The third-order valence-corrected chi connectivity index (χ3v) is 6.12. The van der Waals surface area contributed by atoms with Gasteiger partial charge in [-0.15, -0.1) is 0 Å². The number of likely N-dealkylation sites (tertiary alicyclic amines) is 1. The number of alkyl halides is 3. The molecule has 2 aliphatic rings. The molecule has 0 aliphatic carbocycles. The second-order valence-corrected chi connectivity index (χ2v) is 8.34. The Balaban J connectivity index is 1.46. The van der Waals surface area contributed by atoms with Crippen molar-refractivity contribution < 1.29 is 18.0 Å². The normalized spacial score (nSPS) is 23.0. The summed E-state index contributed by atoms with van der Waals surface area (Å²) in [4.78, 5) is 14.7. The van der Waals surface area contributed by atoms with Gasteiger partial charge in [-0.1, -0.05) is 30.3 Å². The lowest BCUT2D eigenvalue weighted by atomic mass is 9.85. The number of carbonyl (C=O) groups excluding carboxylic acids is 1. The standard InChI is InChI=1S/C23H26F3N3O/c24-23(25,26)19-8-6-17(7-9-19)16-29-12-3-10-22(11-13-29)14-21(30)27-15-18-4-1-2-5-20(18)28-22/h1-2,4-9,28H,3,10-16H2,(H,27,30). The molecule has 1 unspecified atom stereocenters. The van der Waals surface area contributed by atoms with Gasteiger partial charge in [-0.25, -0.2) is 0 Å². The van der Waals surface area contributed by atoms with Crippen molar-refractivity contribution in [3.63, 3.8) is 0 Å². The zero-order valence-electron chi connectivity index (χ0n) is 16.8. The average Bonchev–Trinajstić information content (AvgIpc) is 2.88. The van der Waals surface area contributed by atoms with Crippen LogP contribution in [0, 0.1) is 0 Å². The Bertz CT molecular complexity index is 897. The molecule has 1 amide bonds. The summed E-state index contributed by atoms with van der Waals surface area (Å²) in [7, 11) is 0. The van der Waals surface area contributed by atoms with Gasteiger partial charge < -0.3 is 10.6 Å². The van der Waals surface area contributed by atoms with E-state index in [4.69, 9.17) is 0 Å². The Morgan fingerprint density at radius 1 is 1.00 bits per heavy atom. The molecule has 30 heavy (non-hydrogen) atoms. The van der Waals surface area contributed by atoms with E-state index in [1.807, 2.05) is 18.2 Å². The summed E-state index contributed by atoms with van der Waals surface area (Å²) in [6, 6.07) is 13.5. The van der Waals surface area contributed by atoms with Crippen molar-refractivity contribution in [2.24, 2.45) is 0 Å². The lowest BCUT2D eigenvalue weighted by Crippen LogP contribution is -2.46. The van der Waals surface area contributed by atoms with Gasteiger partial charge in [0.15, 0.2) is 0 Å². The van der Waals surface area contributed by atoms with Crippen LogP contribution in [0.15, 0.2) is 48.5 Å². The molecule has 7 heteroatoms. The van der Waals surface area contributed by atoms with Gasteiger partial charge in [0, 0.05) is 37.3 Å². The molecule has 0 radical (unpaired) electrons. The maximum Gasteiger partial charge on any atom is 0.416 e. The Kier molecular flexibility index (Phi) is 5.73. The third-order valence-electron chi connectivity index (χ3n) is 6.12. The van der Waals surface area contributed by atoms with E-state index < -0.39 is 11.7 Å². The number of nitrogens with zero attached hydrogens (tertiary/aromatic N) is 1. The molecule has 2 aliphatic heterocycles. The van der Waals surface area contributed by atoms with E-state index in [9.17, 15) is 18.0 Å². The van der Waals surface area contributed by atoms with E-state index in [1.54, 1.807) is 12.1 Å². The molecule has 2 heterocycles. The van der Waals surface area contributed by atoms with E-state index in [1.165, 1.54) is 0 Å². The van der Waals surface area contributed by atoms with Gasteiger partial charge in [0.05, 0.1) is 5.56 Å². The smallest absolute Gasteiger partial charge is 0.379 e. The molecule has 0 aromatic heterocycles. The van der Waals surface area contributed by atoms with Crippen molar-refractivity contribution in [3.05, 3.63) is 65.2 Å². The fraction of sp³-hybridized carbons (Fsp3) is 0.435. The molecule has 4 rings (SSSR count). The number of anilines is 1. The molecule has 1 fully saturated rings. The monoisotopic (exact) mass is 417 g/mol. The second-order valence-electron chi connectivity index (χ2n) is 8.34. The highest BCUT2D eigenvalue weighted by atomic mass is 19.4. The van der Waals surface area contributed by atoms with Crippen LogP contribution in [0.1, 0.15) is 42.4 Å². The Labute approximate surface area is 174 Å². The summed E-state index contributed by atoms with van der Waals surface area (Å²) in [5, 5.41) is 6.70. The number of amides is 1. The van der Waals surface area contributed by atoms with Crippen LogP contribution in [0.2, 0.25) is 0 Å². The first kappa shape index (κ1) is 20.7. The SMILES string of the molecule is O=C1CC2(CCCN(Cc3ccc(C(F)(F)F)cc3)CC2)Nc2ccccc2CN1. The summed E-state index contributed by atoms with van der Waals surface area (Å²) in [6.07, 6.45) is -1.29. The van der Waals surface area contributed by atoms with Gasteiger partial charge in [-0.2, -0.15) is 13.2 Å². The average molecular weight is 417 g/mol. The molecule has 1 spiro atoms. The first-order valence-corrected chi connectivity index (χ1v) is 10.3. The summed E-state index contributed by atoms with van der Waals surface area (Å²) >= 11 is 0. The van der Waals surface area contributed by atoms with Gasteiger partial charge in [0.1, 0.15) is 0 Å². The van der Waals surface area contributed by atoms with Crippen LogP contribution in [0.3, 0.4) is 0 Å². The highest BCUT2D eigenvalue weighted by molar-refractivity contribution is 5.79. The van der Waals surface area contributed by atoms with Gasteiger partial charge in [-0.3, -0.25) is 9.69 Å². The number of halogens is 3. The molecule has 0 saturated carbocycles. The maximum absolute atomic E-state index is 12.8. The number of hydrogen-bond donors (Lipinski definition) is 2. The Hall–Kier alpha value is -2.54. The second kappa shape index (κ2) is 8.30. The minimum Gasteiger partial charge on any atom is -0.379 e. The molecule has 2 aromatic carbocycles. The molecule has 0 bridgehead atoms. The molecule has 2 N–H and O–H groups in total. The van der Waals surface area contributed by atoms with Gasteiger partial charge in [0.25, 0.3) is 0 Å². The number of benzene rings is 2. The minimum absolute atomic E-state index is 0.0493. The number of rotatable bonds is 2. The summed E-state index contributed by atoms with van der Waals surface area (Å²) < 4.78 is 38.4. The number of para-hydroxylation sites is 1. The summed E-state index contributed by atoms with van der Waals surface area (Å²) in [6.45, 7) is 2.77. The zero-order valence-corrected chi connectivity index (χ0v) is 16.8. The van der Waals surface area contributed by atoms with Crippen LogP contribution in [0.4, 0.5) is 18.9 Å². The number of hydrogen-bond acceptors (Lipinski definition) is 3. The van der Waals surface area contributed by atoms with Gasteiger partial charge in [0.2, 0.25) is 5.91 Å². The minimum atomic E-state index is -4.31. The molecule has 1 atom stereocenters. The molecular formula is C23H26F3N3O. The van der Waals surface area contributed by atoms with Crippen molar-refractivity contribution in [1.82, 2.24) is 10.2 Å².